The third kappa shape index (κ3) is 14.9. The summed E-state index contributed by atoms with van der Waals surface area (Å²) in [6.45, 7) is 14.5. The van der Waals surface area contributed by atoms with Gasteiger partial charge in [-0.05, 0) is 101 Å². The Kier molecular flexibility index (Phi) is 21.7. The first-order valence-electron chi connectivity index (χ1n) is 21.9. The van der Waals surface area contributed by atoms with Crippen LogP contribution in [-0.4, -0.2) is 13.2 Å². The molecule has 4 aromatic rings. The molecule has 0 saturated heterocycles. The van der Waals surface area contributed by atoms with E-state index in [-0.39, 0.29) is 0 Å². The van der Waals surface area contributed by atoms with Gasteiger partial charge in [0.2, 0.25) is 0 Å². The van der Waals surface area contributed by atoms with Crippen LogP contribution in [0.2, 0.25) is 0 Å². The molecule has 4 heterocycles. The van der Waals surface area contributed by atoms with Crippen LogP contribution in [-0.2, 0) is 22.3 Å². The highest BCUT2D eigenvalue weighted by Crippen LogP contribution is 2.46. The first-order valence-corrected chi connectivity index (χ1v) is 25.1. The van der Waals surface area contributed by atoms with Gasteiger partial charge in [-0.25, -0.2) is 0 Å². The lowest BCUT2D eigenvalue weighted by Crippen LogP contribution is -1.98. The van der Waals surface area contributed by atoms with Crippen molar-refractivity contribution < 1.29 is 9.47 Å². The van der Waals surface area contributed by atoms with Crippen LogP contribution >= 0.6 is 45.3 Å². The average molecular weight is 809 g/mol. The number of hydrogen-bond donors (Lipinski definition) is 0. The van der Waals surface area contributed by atoms with E-state index in [9.17, 15) is 0 Å². The van der Waals surface area contributed by atoms with Gasteiger partial charge in [-0.1, -0.05) is 129 Å². The number of ether oxygens (including phenoxy) is 2. The van der Waals surface area contributed by atoms with Crippen LogP contribution in [0, 0.1) is 13.8 Å². The predicted octanol–water partition coefficient (Wildman–Crippen LogP) is 17.7. The van der Waals surface area contributed by atoms with Crippen LogP contribution in [0.25, 0.3) is 31.0 Å². The van der Waals surface area contributed by atoms with Crippen LogP contribution in [0.1, 0.15) is 187 Å². The van der Waals surface area contributed by atoms with Crippen molar-refractivity contribution in [2.45, 2.75) is 183 Å². The van der Waals surface area contributed by atoms with Gasteiger partial charge in [0.05, 0.1) is 23.0 Å². The fraction of sp³-hybridized carbons (Fsp3) is 0.625. The second kappa shape index (κ2) is 26.1. The molecule has 0 bridgehead atoms. The molecule has 300 valence electrons. The summed E-state index contributed by atoms with van der Waals surface area (Å²) in [7, 11) is 0. The van der Waals surface area contributed by atoms with Crippen LogP contribution in [0.15, 0.2) is 36.4 Å². The van der Waals surface area contributed by atoms with E-state index in [1.165, 1.54) is 170 Å². The zero-order valence-electron chi connectivity index (χ0n) is 34.9. The summed E-state index contributed by atoms with van der Waals surface area (Å²) in [6.07, 6.45) is 30.0. The molecule has 0 amide bonds. The van der Waals surface area contributed by atoms with Crippen LogP contribution in [0.3, 0.4) is 0 Å². The molecule has 2 nitrogen and oxygen atoms in total. The number of hydrogen-bond acceptors (Lipinski definition) is 6. The molecule has 0 aliphatic rings. The summed E-state index contributed by atoms with van der Waals surface area (Å²) in [5, 5.41) is 0. The topological polar surface area (TPSA) is 18.5 Å². The summed E-state index contributed by atoms with van der Waals surface area (Å²) in [4.78, 5) is 10.7. The maximum absolute atomic E-state index is 6.37. The predicted molar refractivity (Wildman–Crippen MR) is 246 cm³/mol. The van der Waals surface area contributed by atoms with Gasteiger partial charge >= 0.3 is 0 Å². The standard InChI is InChI=1S/C48H72O2S4/c1-7-11-13-15-17-19-21-23-25-27-29-39-35-44(52-38(39)6)45-36-40(30-28-26-24-22-20-18-16-14-12-8-2)48(54-45)43-34-33-42(53-43)47(50-10-4)46(49-9-3)41-32-31-37(5)51-41/h31-36H,7-30H2,1-6H3/b47-46+. The van der Waals surface area contributed by atoms with Crippen molar-refractivity contribution in [1.29, 1.82) is 0 Å². The zero-order chi connectivity index (χ0) is 38.4. The first-order chi connectivity index (χ1) is 26.5. The fourth-order valence-electron chi connectivity index (χ4n) is 7.36. The van der Waals surface area contributed by atoms with E-state index in [1.54, 1.807) is 16.9 Å². The lowest BCUT2D eigenvalue weighted by Gasteiger charge is -2.14. The van der Waals surface area contributed by atoms with Gasteiger partial charge in [-0.15, -0.1) is 45.3 Å². The lowest BCUT2D eigenvalue weighted by atomic mass is 10.0. The molecule has 0 radical (unpaired) electrons. The smallest absolute Gasteiger partial charge is 0.179 e. The highest BCUT2D eigenvalue weighted by atomic mass is 32.1. The molecule has 0 unspecified atom stereocenters. The molecule has 0 N–H and O–H groups in total. The minimum atomic E-state index is 0.607. The number of aryl methyl sites for hydroxylation is 4. The van der Waals surface area contributed by atoms with E-state index in [1.807, 2.05) is 34.0 Å². The van der Waals surface area contributed by atoms with Crippen LogP contribution in [0.5, 0.6) is 0 Å². The Morgan fingerprint density at radius 3 is 1.39 bits per heavy atom. The molecule has 4 aromatic heterocycles. The SMILES string of the molecule is CCCCCCCCCCCCc1cc(-c2cc(CCCCCCCCCCCC)c(-c3ccc(/C(OCC)=C(\OCC)c4ccc(C)s4)s3)s2)sc1C. The summed E-state index contributed by atoms with van der Waals surface area (Å²) in [6, 6.07) is 14.0. The number of unbranched alkanes of at least 4 members (excludes halogenated alkanes) is 18. The Hall–Kier alpha value is -1.86. The Labute approximate surface area is 346 Å². The quantitative estimate of drug-likeness (QED) is 0.0386. The highest BCUT2D eigenvalue weighted by Gasteiger charge is 2.21. The summed E-state index contributed by atoms with van der Waals surface area (Å²) in [5.41, 5.74) is 3.09. The van der Waals surface area contributed by atoms with Crippen molar-refractivity contribution in [2.24, 2.45) is 0 Å². The van der Waals surface area contributed by atoms with E-state index in [0.29, 0.717) is 13.2 Å². The molecular weight excluding hydrogens is 737 g/mol. The third-order valence-electron chi connectivity index (χ3n) is 10.5. The average Bonchev–Trinajstić information content (AvgIpc) is 3.99. The molecule has 4 rings (SSSR count). The van der Waals surface area contributed by atoms with E-state index >= 15 is 0 Å². The minimum absolute atomic E-state index is 0.607. The summed E-state index contributed by atoms with van der Waals surface area (Å²) >= 11 is 7.64. The Bertz CT molecular complexity index is 1610. The van der Waals surface area contributed by atoms with Gasteiger partial charge < -0.3 is 9.47 Å². The monoisotopic (exact) mass is 808 g/mol. The van der Waals surface area contributed by atoms with Gasteiger partial charge in [0.15, 0.2) is 11.5 Å². The fourth-order valence-corrected chi connectivity index (χ4v) is 11.7. The molecule has 0 aliphatic heterocycles. The van der Waals surface area contributed by atoms with Crippen molar-refractivity contribution in [2.75, 3.05) is 13.2 Å². The van der Waals surface area contributed by atoms with Gasteiger partial charge in [0, 0.05) is 29.3 Å². The maximum atomic E-state index is 6.37. The van der Waals surface area contributed by atoms with Crippen LogP contribution < -0.4 is 0 Å². The molecule has 0 atom stereocenters. The minimum Gasteiger partial charge on any atom is -0.488 e. The van der Waals surface area contributed by atoms with E-state index in [2.05, 4.69) is 77.9 Å². The van der Waals surface area contributed by atoms with Gasteiger partial charge in [-0.2, -0.15) is 0 Å². The van der Waals surface area contributed by atoms with Gasteiger partial charge in [0.25, 0.3) is 0 Å². The molecule has 6 heteroatoms. The molecule has 0 spiro atoms. The maximum Gasteiger partial charge on any atom is 0.179 e. The van der Waals surface area contributed by atoms with Gasteiger partial charge in [0.1, 0.15) is 0 Å². The second-order valence-electron chi connectivity index (χ2n) is 15.1. The number of thiophene rings is 4. The van der Waals surface area contributed by atoms with Crippen molar-refractivity contribution in [3.05, 3.63) is 67.0 Å². The van der Waals surface area contributed by atoms with E-state index in [0.717, 1.165) is 27.7 Å². The Morgan fingerprint density at radius 2 is 0.889 bits per heavy atom. The lowest BCUT2D eigenvalue weighted by molar-refractivity contribution is 0.262. The van der Waals surface area contributed by atoms with Crippen molar-refractivity contribution in [1.82, 2.24) is 0 Å². The van der Waals surface area contributed by atoms with Crippen molar-refractivity contribution >= 4 is 56.9 Å². The van der Waals surface area contributed by atoms with E-state index < -0.39 is 0 Å². The molecule has 0 aliphatic carbocycles. The second-order valence-corrected chi connectivity index (χ2v) is 19.8. The highest BCUT2D eigenvalue weighted by molar-refractivity contribution is 7.27. The van der Waals surface area contributed by atoms with Gasteiger partial charge in [-0.3, -0.25) is 0 Å². The largest absolute Gasteiger partial charge is 0.488 e. The van der Waals surface area contributed by atoms with E-state index in [4.69, 9.17) is 9.47 Å². The molecule has 0 saturated carbocycles. The zero-order valence-corrected chi connectivity index (χ0v) is 38.2. The molecule has 0 aromatic carbocycles. The molecule has 0 fully saturated rings. The molecule has 54 heavy (non-hydrogen) atoms. The third-order valence-corrected chi connectivity index (χ3v) is 15.2. The first kappa shape index (κ1) is 44.8. The summed E-state index contributed by atoms with van der Waals surface area (Å²) < 4.78 is 12.7. The Balaban J connectivity index is 1.47. The van der Waals surface area contributed by atoms with Crippen molar-refractivity contribution in [3.63, 3.8) is 0 Å². The van der Waals surface area contributed by atoms with Crippen molar-refractivity contribution in [3.8, 4) is 19.5 Å². The number of rotatable bonds is 30. The van der Waals surface area contributed by atoms with Crippen LogP contribution in [0.4, 0.5) is 0 Å². The Morgan fingerprint density at radius 1 is 0.444 bits per heavy atom. The molecular formula is C48H72O2S4. The normalized spacial score (nSPS) is 12.1. The summed E-state index contributed by atoms with van der Waals surface area (Å²) in [5.74, 6) is 1.74.